The predicted molar refractivity (Wildman–Crippen MR) is 67.5 cm³/mol. The molecule has 1 aromatic rings. The highest BCUT2D eigenvalue weighted by Crippen LogP contribution is 2.19. The van der Waals surface area contributed by atoms with Crippen molar-refractivity contribution < 1.29 is 0 Å². The first kappa shape index (κ1) is 12.3. The van der Waals surface area contributed by atoms with Crippen molar-refractivity contribution in [2.24, 2.45) is 0 Å². The number of nitrogens with one attached hydrogen (secondary N) is 1. The molecule has 0 bridgehead atoms. The quantitative estimate of drug-likeness (QED) is 0.726. The first-order valence-electron chi connectivity index (χ1n) is 5.93. The van der Waals surface area contributed by atoms with Crippen molar-refractivity contribution in [2.75, 3.05) is 13.1 Å². The van der Waals surface area contributed by atoms with Gasteiger partial charge in [0.25, 0.3) is 0 Å². The molecular weight excluding hydrogens is 182 g/mol. The Morgan fingerprint density at radius 1 is 1.27 bits per heavy atom. The fourth-order valence-electron chi connectivity index (χ4n) is 1.98. The smallest absolute Gasteiger partial charge is 0.00175 e. The van der Waals surface area contributed by atoms with Crippen molar-refractivity contribution in [2.45, 2.75) is 40.0 Å². The lowest BCUT2D eigenvalue weighted by Crippen LogP contribution is -2.21. The van der Waals surface area contributed by atoms with Gasteiger partial charge in [-0.1, -0.05) is 37.6 Å². The van der Waals surface area contributed by atoms with Crippen molar-refractivity contribution >= 4 is 0 Å². The van der Waals surface area contributed by atoms with Crippen molar-refractivity contribution in [3.8, 4) is 0 Å². The van der Waals surface area contributed by atoms with Crippen LogP contribution in [0, 0.1) is 13.8 Å². The van der Waals surface area contributed by atoms with Crippen LogP contribution >= 0.6 is 0 Å². The Labute approximate surface area is 93.9 Å². The lowest BCUT2D eigenvalue weighted by molar-refractivity contribution is 0.607. The zero-order chi connectivity index (χ0) is 11.3. The molecule has 0 heterocycles. The van der Waals surface area contributed by atoms with Crippen LogP contribution in [-0.2, 0) is 0 Å². The maximum absolute atomic E-state index is 3.48. The van der Waals surface area contributed by atoms with E-state index in [9.17, 15) is 0 Å². The molecule has 0 saturated heterocycles. The van der Waals surface area contributed by atoms with Gasteiger partial charge in [0.1, 0.15) is 0 Å². The fraction of sp³-hybridized carbons (Fsp3) is 0.571. The zero-order valence-electron chi connectivity index (χ0n) is 10.4. The SMILES string of the molecule is CCCNCC(C)c1ccc(C)cc1C. The van der Waals surface area contributed by atoms with E-state index in [0.717, 1.165) is 13.1 Å². The van der Waals surface area contributed by atoms with Crippen molar-refractivity contribution in [3.63, 3.8) is 0 Å². The van der Waals surface area contributed by atoms with E-state index in [2.05, 4.69) is 51.2 Å². The molecule has 0 fully saturated rings. The van der Waals surface area contributed by atoms with Gasteiger partial charge in [0, 0.05) is 6.54 Å². The van der Waals surface area contributed by atoms with E-state index in [-0.39, 0.29) is 0 Å². The average molecular weight is 205 g/mol. The number of benzene rings is 1. The van der Waals surface area contributed by atoms with Gasteiger partial charge in [-0.05, 0) is 43.9 Å². The van der Waals surface area contributed by atoms with Crippen LogP contribution in [0.3, 0.4) is 0 Å². The molecule has 1 unspecified atom stereocenters. The minimum Gasteiger partial charge on any atom is -0.316 e. The summed E-state index contributed by atoms with van der Waals surface area (Å²) in [5.41, 5.74) is 4.25. The Bertz CT molecular complexity index is 304. The molecule has 1 rings (SSSR count). The number of hydrogen-bond acceptors (Lipinski definition) is 1. The second kappa shape index (κ2) is 5.92. The first-order chi connectivity index (χ1) is 7.15. The largest absolute Gasteiger partial charge is 0.316 e. The third kappa shape index (κ3) is 3.67. The summed E-state index contributed by atoms with van der Waals surface area (Å²) >= 11 is 0. The second-order valence-corrected chi connectivity index (χ2v) is 4.47. The molecule has 0 aliphatic carbocycles. The first-order valence-corrected chi connectivity index (χ1v) is 5.93. The highest BCUT2D eigenvalue weighted by molar-refractivity contribution is 5.32. The van der Waals surface area contributed by atoms with Gasteiger partial charge in [-0.3, -0.25) is 0 Å². The molecule has 1 N–H and O–H groups in total. The number of rotatable bonds is 5. The summed E-state index contributed by atoms with van der Waals surface area (Å²) in [5, 5.41) is 3.48. The fourth-order valence-corrected chi connectivity index (χ4v) is 1.98. The van der Waals surface area contributed by atoms with Crippen molar-refractivity contribution in [1.29, 1.82) is 0 Å². The number of hydrogen-bond donors (Lipinski definition) is 1. The molecule has 0 aromatic heterocycles. The summed E-state index contributed by atoms with van der Waals surface area (Å²) < 4.78 is 0. The van der Waals surface area contributed by atoms with Crippen molar-refractivity contribution in [3.05, 3.63) is 34.9 Å². The molecule has 0 radical (unpaired) electrons. The van der Waals surface area contributed by atoms with E-state index in [4.69, 9.17) is 0 Å². The van der Waals surface area contributed by atoms with Crippen LogP contribution in [0.15, 0.2) is 18.2 Å². The predicted octanol–water partition coefficient (Wildman–Crippen LogP) is 3.41. The number of aryl methyl sites for hydroxylation is 2. The average Bonchev–Trinajstić information content (AvgIpc) is 2.17. The molecule has 0 aliphatic heterocycles. The summed E-state index contributed by atoms with van der Waals surface area (Å²) in [4.78, 5) is 0. The van der Waals surface area contributed by atoms with E-state index in [1.807, 2.05) is 0 Å². The van der Waals surface area contributed by atoms with E-state index in [1.165, 1.54) is 23.1 Å². The Morgan fingerprint density at radius 3 is 2.60 bits per heavy atom. The van der Waals surface area contributed by atoms with Crippen LogP contribution in [-0.4, -0.2) is 13.1 Å². The monoisotopic (exact) mass is 205 g/mol. The Hall–Kier alpha value is -0.820. The molecule has 15 heavy (non-hydrogen) atoms. The Kier molecular flexibility index (Phi) is 4.83. The van der Waals surface area contributed by atoms with Crippen LogP contribution in [0.25, 0.3) is 0 Å². The summed E-state index contributed by atoms with van der Waals surface area (Å²) in [7, 11) is 0. The molecule has 0 saturated carbocycles. The third-order valence-electron chi connectivity index (χ3n) is 2.83. The lowest BCUT2D eigenvalue weighted by Gasteiger charge is -2.15. The van der Waals surface area contributed by atoms with E-state index in [1.54, 1.807) is 0 Å². The van der Waals surface area contributed by atoms with Gasteiger partial charge in [-0.2, -0.15) is 0 Å². The molecule has 1 nitrogen and oxygen atoms in total. The highest BCUT2D eigenvalue weighted by Gasteiger charge is 2.07. The Balaban J connectivity index is 2.61. The molecular formula is C14H23N. The van der Waals surface area contributed by atoms with Crippen LogP contribution in [0.4, 0.5) is 0 Å². The summed E-state index contributed by atoms with van der Waals surface area (Å²) in [6.07, 6.45) is 1.21. The van der Waals surface area contributed by atoms with E-state index < -0.39 is 0 Å². The topological polar surface area (TPSA) is 12.0 Å². The standard InChI is InChI=1S/C14H23N/c1-5-8-15-10-13(4)14-7-6-11(2)9-12(14)3/h6-7,9,13,15H,5,8,10H2,1-4H3. The second-order valence-electron chi connectivity index (χ2n) is 4.47. The van der Waals surface area contributed by atoms with Gasteiger partial charge in [-0.25, -0.2) is 0 Å². The maximum Gasteiger partial charge on any atom is 0.00175 e. The van der Waals surface area contributed by atoms with Crippen LogP contribution in [0.2, 0.25) is 0 Å². The van der Waals surface area contributed by atoms with E-state index >= 15 is 0 Å². The van der Waals surface area contributed by atoms with Crippen LogP contribution in [0.5, 0.6) is 0 Å². The minimum absolute atomic E-state index is 0.608. The van der Waals surface area contributed by atoms with Gasteiger partial charge in [0.15, 0.2) is 0 Å². The van der Waals surface area contributed by atoms with Gasteiger partial charge >= 0.3 is 0 Å². The highest BCUT2D eigenvalue weighted by atomic mass is 14.8. The van der Waals surface area contributed by atoms with Gasteiger partial charge < -0.3 is 5.32 Å². The minimum atomic E-state index is 0.608. The maximum atomic E-state index is 3.48. The molecule has 84 valence electrons. The molecule has 0 aliphatic rings. The summed E-state index contributed by atoms with van der Waals surface area (Å²) in [5.74, 6) is 0.608. The van der Waals surface area contributed by atoms with Crippen molar-refractivity contribution in [1.82, 2.24) is 5.32 Å². The normalized spacial score (nSPS) is 12.8. The van der Waals surface area contributed by atoms with Crippen LogP contribution in [0.1, 0.15) is 42.9 Å². The van der Waals surface area contributed by atoms with Gasteiger partial charge in [0.05, 0.1) is 0 Å². The molecule has 0 spiro atoms. The molecule has 1 heteroatoms. The summed E-state index contributed by atoms with van der Waals surface area (Å²) in [6, 6.07) is 6.74. The van der Waals surface area contributed by atoms with Gasteiger partial charge in [-0.15, -0.1) is 0 Å². The Morgan fingerprint density at radius 2 is 2.00 bits per heavy atom. The van der Waals surface area contributed by atoms with Crippen LogP contribution < -0.4 is 5.32 Å². The molecule has 1 aromatic carbocycles. The zero-order valence-corrected chi connectivity index (χ0v) is 10.4. The molecule has 1 atom stereocenters. The van der Waals surface area contributed by atoms with Gasteiger partial charge in [0.2, 0.25) is 0 Å². The summed E-state index contributed by atoms with van der Waals surface area (Å²) in [6.45, 7) is 11.1. The van der Waals surface area contributed by atoms with E-state index in [0.29, 0.717) is 5.92 Å². The molecule has 0 amide bonds. The lowest BCUT2D eigenvalue weighted by atomic mass is 9.95. The third-order valence-corrected chi connectivity index (χ3v) is 2.83.